The van der Waals surface area contributed by atoms with Gasteiger partial charge in [-0.05, 0) is 48.7 Å². The van der Waals surface area contributed by atoms with Crippen molar-refractivity contribution in [2.75, 3.05) is 19.9 Å². The maximum absolute atomic E-state index is 12.7. The van der Waals surface area contributed by atoms with Gasteiger partial charge in [-0.25, -0.2) is 9.59 Å². The van der Waals surface area contributed by atoms with E-state index in [9.17, 15) is 19.8 Å². The smallest absolute Gasteiger partial charge is 0.347 e. The lowest BCUT2D eigenvalue weighted by atomic mass is 10.0. The van der Waals surface area contributed by atoms with E-state index in [1.165, 1.54) is 35.4 Å². The minimum absolute atomic E-state index is 0.0128. The number of thiol groups is 1. The molecule has 1 aliphatic heterocycles. The Kier molecular flexibility index (Phi) is 8.93. The van der Waals surface area contributed by atoms with Crippen molar-refractivity contribution in [1.82, 2.24) is 4.90 Å². The molecule has 3 aromatic carbocycles. The molecule has 2 N–H and O–H groups in total. The third kappa shape index (κ3) is 6.67. The van der Waals surface area contributed by atoms with Gasteiger partial charge in [0.15, 0.2) is 0 Å². The Balaban J connectivity index is 1.36. The number of aliphatic hydroxyl groups excluding tert-OH is 1. The molecule has 3 aromatic rings. The Hall–Kier alpha value is -3.95. The number of aryl methyl sites for hydroxylation is 1. The molecule has 0 amide bonds. The highest BCUT2D eigenvalue weighted by molar-refractivity contribution is 7.81. The van der Waals surface area contributed by atoms with E-state index in [1.807, 2.05) is 12.1 Å². The first kappa shape index (κ1) is 27.1. The van der Waals surface area contributed by atoms with Crippen molar-refractivity contribution >= 4 is 24.6 Å². The van der Waals surface area contributed by atoms with Crippen LogP contribution in [-0.2, 0) is 16.0 Å². The molecule has 0 aliphatic carbocycles. The topological polar surface area (TPSA) is 106 Å². The van der Waals surface area contributed by atoms with Crippen molar-refractivity contribution in [3.63, 3.8) is 0 Å². The molecule has 4 rings (SSSR count). The van der Waals surface area contributed by atoms with E-state index in [1.54, 1.807) is 24.3 Å². The maximum atomic E-state index is 12.7. The summed E-state index contributed by atoms with van der Waals surface area (Å²) in [5.41, 5.74) is 2.97. The largest absolute Gasteiger partial charge is 0.507 e. The van der Waals surface area contributed by atoms with Gasteiger partial charge in [-0.3, -0.25) is 4.90 Å². The van der Waals surface area contributed by atoms with Gasteiger partial charge in [-0.2, -0.15) is 12.6 Å². The zero-order valence-electron chi connectivity index (χ0n) is 20.9. The van der Waals surface area contributed by atoms with Crippen LogP contribution in [0.1, 0.15) is 38.3 Å². The second-order valence-electron chi connectivity index (χ2n) is 8.87. The molecule has 1 atom stereocenters. The molecule has 0 bridgehead atoms. The number of benzene rings is 3. The number of hydrogen-bond acceptors (Lipinski definition) is 9. The SMILES string of the molecule is Cc1ccccc1CN1CCC(S)/C(=C(\O)OCOC(=O)c2ccccc2OC(=O)c2ccccc2O)C1. The molecule has 198 valence electrons. The third-order valence-corrected chi connectivity index (χ3v) is 6.83. The van der Waals surface area contributed by atoms with Gasteiger partial charge in [0, 0.05) is 30.5 Å². The van der Waals surface area contributed by atoms with Gasteiger partial charge < -0.3 is 24.4 Å². The quantitative estimate of drug-likeness (QED) is 0.121. The predicted octanol–water partition coefficient (Wildman–Crippen LogP) is 5.02. The average molecular weight is 536 g/mol. The van der Waals surface area contributed by atoms with E-state index in [-0.39, 0.29) is 33.8 Å². The molecule has 1 aliphatic rings. The summed E-state index contributed by atoms with van der Waals surface area (Å²) >= 11 is 4.59. The summed E-state index contributed by atoms with van der Waals surface area (Å²) in [5, 5.41) is 20.3. The zero-order valence-corrected chi connectivity index (χ0v) is 21.8. The summed E-state index contributed by atoms with van der Waals surface area (Å²) in [7, 11) is 0. The number of piperidine rings is 1. The van der Waals surface area contributed by atoms with Crippen LogP contribution in [0.15, 0.2) is 84.3 Å². The Bertz CT molecular complexity index is 1340. The Morgan fingerprint density at radius 1 is 0.947 bits per heavy atom. The van der Waals surface area contributed by atoms with Gasteiger partial charge in [0.25, 0.3) is 5.95 Å². The second kappa shape index (κ2) is 12.5. The number of esters is 2. The number of phenolic OH excluding ortho intramolecular Hbond substituents is 1. The van der Waals surface area contributed by atoms with E-state index in [2.05, 4.69) is 36.6 Å². The van der Waals surface area contributed by atoms with Crippen LogP contribution in [0.4, 0.5) is 0 Å². The first-order valence-electron chi connectivity index (χ1n) is 12.1. The Morgan fingerprint density at radius 3 is 2.39 bits per heavy atom. The molecule has 9 heteroatoms. The molecule has 1 saturated heterocycles. The number of aromatic hydroxyl groups is 1. The lowest BCUT2D eigenvalue weighted by Gasteiger charge is -2.32. The van der Waals surface area contributed by atoms with Crippen LogP contribution in [0.25, 0.3) is 0 Å². The van der Waals surface area contributed by atoms with Crippen LogP contribution < -0.4 is 4.74 Å². The monoisotopic (exact) mass is 535 g/mol. The highest BCUT2D eigenvalue weighted by atomic mass is 32.1. The Labute approximate surface area is 226 Å². The number of likely N-dealkylation sites (tertiary alicyclic amines) is 1. The molecular weight excluding hydrogens is 506 g/mol. The minimum atomic E-state index is -0.825. The summed E-state index contributed by atoms with van der Waals surface area (Å²) in [6.07, 6.45) is 0.729. The molecule has 0 spiro atoms. The van der Waals surface area contributed by atoms with Crippen LogP contribution in [0.5, 0.6) is 11.5 Å². The molecule has 1 unspecified atom stereocenters. The van der Waals surface area contributed by atoms with Crippen molar-refractivity contribution in [3.05, 3.63) is 107 Å². The highest BCUT2D eigenvalue weighted by Gasteiger charge is 2.26. The number of aliphatic hydroxyl groups is 1. The molecule has 0 aromatic heterocycles. The molecular formula is C29H29NO7S. The van der Waals surface area contributed by atoms with Crippen LogP contribution in [0.3, 0.4) is 0 Å². The first-order valence-corrected chi connectivity index (χ1v) is 12.6. The van der Waals surface area contributed by atoms with Gasteiger partial charge in [0.2, 0.25) is 6.79 Å². The van der Waals surface area contributed by atoms with Gasteiger partial charge in [0.1, 0.15) is 22.6 Å². The average Bonchev–Trinajstić information content (AvgIpc) is 2.91. The van der Waals surface area contributed by atoms with Crippen LogP contribution in [-0.4, -0.2) is 52.2 Å². The summed E-state index contributed by atoms with van der Waals surface area (Å²) in [6, 6.07) is 20.1. The summed E-state index contributed by atoms with van der Waals surface area (Å²) < 4.78 is 15.9. The first-order chi connectivity index (χ1) is 18.3. The van der Waals surface area contributed by atoms with Crippen molar-refractivity contribution in [3.8, 4) is 11.5 Å². The highest BCUT2D eigenvalue weighted by Crippen LogP contribution is 2.26. The predicted molar refractivity (Wildman–Crippen MR) is 144 cm³/mol. The number of carbonyl (C=O) groups is 2. The fourth-order valence-corrected chi connectivity index (χ4v) is 4.42. The molecule has 8 nitrogen and oxygen atoms in total. The zero-order chi connectivity index (χ0) is 27.1. The van der Waals surface area contributed by atoms with Crippen LogP contribution in [0, 0.1) is 6.92 Å². The van der Waals surface area contributed by atoms with Gasteiger partial charge >= 0.3 is 11.9 Å². The van der Waals surface area contributed by atoms with E-state index in [0.717, 1.165) is 19.5 Å². The summed E-state index contributed by atoms with van der Waals surface area (Å²) in [6.45, 7) is 3.54. The summed E-state index contributed by atoms with van der Waals surface area (Å²) in [5.74, 6) is -2.24. The third-order valence-electron chi connectivity index (χ3n) is 6.26. The number of nitrogens with zero attached hydrogens (tertiary/aromatic N) is 1. The van der Waals surface area contributed by atoms with Crippen molar-refractivity contribution in [1.29, 1.82) is 0 Å². The number of phenols is 1. The molecule has 0 radical (unpaired) electrons. The fourth-order valence-electron chi connectivity index (χ4n) is 4.11. The standard InChI is InChI=1S/C29H29NO7S/c1-19-8-2-3-9-20(19)16-30-15-14-26(38)23(17-30)28(33)36-18-35-27(32)22-11-5-7-13-25(22)37-29(34)21-10-4-6-12-24(21)31/h2-13,26,31,33,38H,14-18H2,1H3/b28-23+. The lowest BCUT2D eigenvalue weighted by molar-refractivity contribution is -0.0388. The molecule has 1 fully saturated rings. The van der Waals surface area contributed by atoms with Gasteiger partial charge in [-0.1, -0.05) is 48.5 Å². The van der Waals surface area contributed by atoms with E-state index in [4.69, 9.17) is 14.2 Å². The van der Waals surface area contributed by atoms with E-state index < -0.39 is 18.7 Å². The number of hydrogen-bond donors (Lipinski definition) is 3. The lowest BCUT2D eigenvalue weighted by Crippen LogP contribution is -2.36. The molecule has 0 saturated carbocycles. The minimum Gasteiger partial charge on any atom is -0.507 e. The number of para-hydroxylation sites is 2. The Morgan fingerprint density at radius 2 is 1.63 bits per heavy atom. The fraction of sp³-hybridized carbons (Fsp3) is 0.241. The molecule has 38 heavy (non-hydrogen) atoms. The van der Waals surface area contributed by atoms with E-state index in [0.29, 0.717) is 12.1 Å². The maximum Gasteiger partial charge on any atom is 0.347 e. The normalized spacial score (nSPS) is 16.9. The van der Waals surface area contributed by atoms with Gasteiger partial charge in [0.05, 0.1) is 0 Å². The van der Waals surface area contributed by atoms with Crippen LogP contribution in [0.2, 0.25) is 0 Å². The van der Waals surface area contributed by atoms with Crippen molar-refractivity contribution in [2.45, 2.75) is 25.1 Å². The number of rotatable bonds is 8. The summed E-state index contributed by atoms with van der Waals surface area (Å²) in [4.78, 5) is 27.4. The number of ether oxygens (including phenoxy) is 3. The van der Waals surface area contributed by atoms with Crippen molar-refractivity contribution in [2.24, 2.45) is 0 Å². The van der Waals surface area contributed by atoms with Gasteiger partial charge in [-0.15, -0.1) is 0 Å². The van der Waals surface area contributed by atoms with E-state index >= 15 is 0 Å². The van der Waals surface area contributed by atoms with Crippen molar-refractivity contribution < 1.29 is 34.0 Å². The van der Waals surface area contributed by atoms with Crippen LogP contribution >= 0.6 is 12.6 Å². The number of carbonyl (C=O) groups excluding carboxylic acids is 2. The second-order valence-corrected chi connectivity index (χ2v) is 9.49. The molecule has 1 heterocycles.